The van der Waals surface area contributed by atoms with Gasteiger partial charge in [0.05, 0.1) is 5.56 Å². The minimum atomic E-state index is -4.86. The topological polar surface area (TPSA) is 95.1 Å². The third-order valence-corrected chi connectivity index (χ3v) is 4.13. The van der Waals surface area contributed by atoms with E-state index in [-0.39, 0.29) is 49.1 Å². The highest BCUT2D eigenvalue weighted by molar-refractivity contribution is 5.91. The molecule has 2 aromatic rings. The Morgan fingerprint density at radius 3 is 2.52 bits per heavy atom. The van der Waals surface area contributed by atoms with Gasteiger partial charge in [-0.15, -0.1) is 13.2 Å². The summed E-state index contributed by atoms with van der Waals surface area (Å²) in [7, 11) is 0. The number of nitrogens with zero attached hydrogens (tertiary/aromatic N) is 3. The van der Waals surface area contributed by atoms with Gasteiger partial charge in [0.2, 0.25) is 5.90 Å². The van der Waals surface area contributed by atoms with Crippen LogP contribution in [0.1, 0.15) is 18.9 Å². The lowest BCUT2D eigenvalue weighted by Gasteiger charge is -2.15. The second-order valence-corrected chi connectivity index (χ2v) is 6.29. The van der Waals surface area contributed by atoms with Gasteiger partial charge in [0.15, 0.2) is 0 Å². The molecule has 168 valence electrons. The van der Waals surface area contributed by atoms with Gasteiger partial charge in [0.1, 0.15) is 17.3 Å². The minimum Gasteiger partial charge on any atom is -0.439 e. The highest BCUT2D eigenvalue weighted by atomic mass is 19.4. The zero-order chi connectivity index (χ0) is 23.2. The van der Waals surface area contributed by atoms with E-state index in [0.29, 0.717) is 0 Å². The van der Waals surface area contributed by atoms with Crippen molar-refractivity contribution < 1.29 is 27.8 Å². The third kappa shape index (κ3) is 6.07. The molecule has 0 saturated carbocycles. The summed E-state index contributed by atoms with van der Waals surface area (Å²) in [5.41, 5.74) is -1.00. The molecule has 0 aliphatic carbocycles. The van der Waals surface area contributed by atoms with Crippen molar-refractivity contribution in [1.82, 2.24) is 9.13 Å². The Morgan fingerprint density at radius 2 is 1.94 bits per heavy atom. The molecule has 0 amide bonds. The fourth-order valence-electron chi connectivity index (χ4n) is 2.75. The number of halogens is 3. The van der Waals surface area contributed by atoms with Gasteiger partial charge in [0, 0.05) is 25.8 Å². The first-order valence-electron chi connectivity index (χ1n) is 9.31. The van der Waals surface area contributed by atoms with Crippen LogP contribution in [0.15, 0.2) is 51.5 Å². The average Bonchev–Trinajstić information content (AvgIpc) is 2.70. The second-order valence-electron chi connectivity index (χ2n) is 6.29. The zero-order valence-corrected chi connectivity index (χ0v) is 17.0. The van der Waals surface area contributed by atoms with E-state index in [4.69, 9.17) is 9.84 Å². The zero-order valence-electron chi connectivity index (χ0n) is 17.0. The first-order chi connectivity index (χ1) is 14.6. The molecule has 1 N–H and O–H groups in total. The monoisotopic (exact) mass is 441 g/mol. The Hall–Kier alpha value is -3.34. The van der Waals surface area contributed by atoms with Gasteiger partial charge in [-0.3, -0.25) is 13.9 Å². The quantitative estimate of drug-likeness (QED) is 0.502. The SMILES string of the molecule is C=C/C(=N\c1c(C)c(=O)n(CCCO)c(=O)n1CC)Oc1cccc(OC(F)(F)F)c1. The number of alkyl halides is 3. The van der Waals surface area contributed by atoms with Crippen LogP contribution in [0, 0.1) is 6.92 Å². The van der Waals surface area contributed by atoms with Crippen LogP contribution < -0.4 is 20.7 Å². The highest BCUT2D eigenvalue weighted by Gasteiger charge is 2.31. The number of ether oxygens (including phenoxy) is 2. The van der Waals surface area contributed by atoms with E-state index >= 15 is 0 Å². The van der Waals surface area contributed by atoms with Gasteiger partial charge in [-0.25, -0.2) is 4.79 Å². The first kappa shape index (κ1) is 23.9. The number of hydrogen-bond acceptors (Lipinski definition) is 6. The van der Waals surface area contributed by atoms with E-state index in [2.05, 4.69) is 16.3 Å². The van der Waals surface area contributed by atoms with Gasteiger partial charge in [-0.05, 0) is 38.5 Å². The molecule has 0 aliphatic heterocycles. The fraction of sp³-hybridized carbons (Fsp3) is 0.350. The van der Waals surface area contributed by atoms with Crippen LogP contribution in [0.25, 0.3) is 0 Å². The second kappa shape index (κ2) is 10.1. The van der Waals surface area contributed by atoms with Crippen molar-refractivity contribution in [3.8, 4) is 11.5 Å². The molecule has 0 spiro atoms. The molecule has 8 nitrogen and oxygen atoms in total. The van der Waals surface area contributed by atoms with E-state index in [1.54, 1.807) is 6.92 Å². The first-order valence-corrected chi connectivity index (χ1v) is 9.31. The van der Waals surface area contributed by atoms with Crippen LogP contribution in [-0.2, 0) is 13.1 Å². The molecular formula is C20H22F3N3O5. The predicted molar refractivity (Wildman–Crippen MR) is 108 cm³/mol. The third-order valence-electron chi connectivity index (χ3n) is 4.13. The van der Waals surface area contributed by atoms with Gasteiger partial charge in [0.25, 0.3) is 5.56 Å². The summed E-state index contributed by atoms with van der Waals surface area (Å²) < 4.78 is 48.9. The Bertz CT molecular complexity index is 1090. The summed E-state index contributed by atoms with van der Waals surface area (Å²) in [6, 6.07) is 4.80. The maximum Gasteiger partial charge on any atom is 0.573 e. The van der Waals surface area contributed by atoms with Crippen LogP contribution in [0.2, 0.25) is 0 Å². The molecule has 1 aromatic heterocycles. The number of aromatic nitrogens is 2. The lowest BCUT2D eigenvalue weighted by molar-refractivity contribution is -0.274. The van der Waals surface area contributed by atoms with Crippen LogP contribution in [0.4, 0.5) is 19.0 Å². The molecule has 0 radical (unpaired) electrons. The van der Waals surface area contributed by atoms with E-state index in [0.717, 1.165) is 16.7 Å². The number of hydrogen-bond donors (Lipinski definition) is 1. The van der Waals surface area contributed by atoms with Gasteiger partial charge in [-0.2, -0.15) is 4.99 Å². The molecule has 11 heteroatoms. The van der Waals surface area contributed by atoms with Crippen LogP contribution in [0.5, 0.6) is 11.5 Å². The van der Waals surface area contributed by atoms with Crippen molar-refractivity contribution in [3.05, 3.63) is 63.3 Å². The van der Waals surface area contributed by atoms with Crippen molar-refractivity contribution in [3.63, 3.8) is 0 Å². The standard InChI is InChI=1S/C20H22F3N3O5/c1-4-16(30-14-8-6-9-15(12-14)31-20(21,22)23)24-17-13(3)18(28)26(10-7-11-27)19(29)25(17)5-2/h4,6,8-9,12,27H,1,5,7,10-11H2,2-3H3/b24-16+. The number of aliphatic imine (C=N–C) groups is 1. The Kier molecular flexibility index (Phi) is 7.81. The smallest absolute Gasteiger partial charge is 0.439 e. The van der Waals surface area contributed by atoms with Gasteiger partial charge < -0.3 is 14.6 Å². The normalized spacial score (nSPS) is 12.0. The molecule has 1 aromatic carbocycles. The fourth-order valence-corrected chi connectivity index (χ4v) is 2.75. The van der Waals surface area contributed by atoms with Gasteiger partial charge in [-0.1, -0.05) is 12.6 Å². The molecular weight excluding hydrogens is 419 g/mol. The molecule has 0 unspecified atom stereocenters. The largest absolute Gasteiger partial charge is 0.573 e. The molecule has 0 atom stereocenters. The molecule has 0 saturated heterocycles. The maximum atomic E-state index is 12.7. The summed E-state index contributed by atoms with van der Waals surface area (Å²) in [6.45, 7) is 6.80. The summed E-state index contributed by atoms with van der Waals surface area (Å²) >= 11 is 0. The number of rotatable bonds is 8. The number of aliphatic hydroxyl groups excluding tert-OH is 1. The summed E-state index contributed by atoms with van der Waals surface area (Å²) in [5.74, 6) is -0.599. The molecule has 0 fully saturated rings. The van der Waals surface area contributed by atoms with Gasteiger partial charge >= 0.3 is 12.1 Å². The van der Waals surface area contributed by atoms with Crippen LogP contribution in [-0.4, -0.2) is 33.1 Å². The molecule has 2 rings (SSSR count). The highest BCUT2D eigenvalue weighted by Crippen LogP contribution is 2.26. The summed E-state index contributed by atoms with van der Waals surface area (Å²) in [4.78, 5) is 29.5. The lowest BCUT2D eigenvalue weighted by Crippen LogP contribution is -2.41. The Labute approximate surface area is 175 Å². The summed E-state index contributed by atoms with van der Waals surface area (Å²) in [6.07, 6.45) is -3.43. The molecule has 31 heavy (non-hydrogen) atoms. The van der Waals surface area contributed by atoms with E-state index < -0.39 is 23.4 Å². The summed E-state index contributed by atoms with van der Waals surface area (Å²) in [5, 5.41) is 8.99. The Balaban J connectivity index is 2.47. The van der Waals surface area contributed by atoms with E-state index in [1.807, 2.05) is 0 Å². The number of benzene rings is 1. The molecule has 1 heterocycles. The lowest BCUT2D eigenvalue weighted by atomic mass is 10.3. The van der Waals surface area contributed by atoms with Crippen molar-refractivity contribution in [2.24, 2.45) is 4.99 Å². The molecule has 0 aliphatic rings. The van der Waals surface area contributed by atoms with Crippen LogP contribution >= 0.6 is 0 Å². The van der Waals surface area contributed by atoms with E-state index in [9.17, 15) is 22.8 Å². The van der Waals surface area contributed by atoms with Crippen LogP contribution in [0.3, 0.4) is 0 Å². The Morgan fingerprint density at radius 1 is 1.26 bits per heavy atom. The predicted octanol–water partition coefficient (Wildman–Crippen LogP) is 2.91. The molecule has 0 bridgehead atoms. The van der Waals surface area contributed by atoms with E-state index in [1.165, 1.54) is 29.7 Å². The van der Waals surface area contributed by atoms with Crippen molar-refractivity contribution in [2.45, 2.75) is 39.7 Å². The average molecular weight is 441 g/mol. The van der Waals surface area contributed by atoms with Crippen molar-refractivity contribution in [2.75, 3.05) is 6.61 Å². The maximum absolute atomic E-state index is 12.7. The number of aliphatic hydroxyl groups is 1. The van der Waals surface area contributed by atoms with Crippen molar-refractivity contribution in [1.29, 1.82) is 0 Å². The minimum absolute atomic E-state index is 0.0141. The van der Waals surface area contributed by atoms with Crippen molar-refractivity contribution >= 4 is 11.7 Å².